The van der Waals surface area contributed by atoms with E-state index in [1.807, 2.05) is 62.4 Å². The zero-order valence-corrected chi connectivity index (χ0v) is 17.0. The van der Waals surface area contributed by atoms with Crippen LogP contribution in [0.3, 0.4) is 0 Å². The first kappa shape index (κ1) is 19.2. The quantitative estimate of drug-likeness (QED) is 0.532. The molecule has 3 aromatic carbocycles. The lowest BCUT2D eigenvalue weighted by atomic mass is 10.1. The summed E-state index contributed by atoms with van der Waals surface area (Å²) in [5.41, 5.74) is 4.72. The van der Waals surface area contributed by atoms with Gasteiger partial charge in [0.1, 0.15) is 5.75 Å². The highest BCUT2D eigenvalue weighted by atomic mass is 79.9. The zero-order valence-electron chi connectivity index (χ0n) is 15.5. The molecule has 4 heteroatoms. The van der Waals surface area contributed by atoms with Crippen molar-refractivity contribution in [1.29, 1.82) is 0 Å². The van der Waals surface area contributed by atoms with Gasteiger partial charge in [-0.1, -0.05) is 64.0 Å². The number of anilines is 1. The summed E-state index contributed by atoms with van der Waals surface area (Å²) in [6, 6.07) is 21.6. The maximum atomic E-state index is 12.8. The molecule has 0 saturated carbocycles. The van der Waals surface area contributed by atoms with Gasteiger partial charge in [-0.05, 0) is 49.2 Å². The van der Waals surface area contributed by atoms with Gasteiger partial charge >= 0.3 is 0 Å². The maximum absolute atomic E-state index is 12.8. The molecule has 0 saturated heterocycles. The Balaban J connectivity index is 1.73. The van der Waals surface area contributed by atoms with E-state index in [1.165, 1.54) is 5.56 Å². The second-order valence-electron chi connectivity index (χ2n) is 6.50. The first-order chi connectivity index (χ1) is 13.0. The molecule has 0 fully saturated rings. The van der Waals surface area contributed by atoms with Crippen LogP contribution >= 0.6 is 15.9 Å². The first-order valence-corrected chi connectivity index (χ1v) is 9.67. The van der Waals surface area contributed by atoms with E-state index in [2.05, 4.69) is 33.4 Å². The third-order valence-corrected chi connectivity index (χ3v) is 4.80. The molecule has 0 spiro atoms. The first-order valence-electron chi connectivity index (χ1n) is 8.88. The van der Waals surface area contributed by atoms with E-state index in [1.54, 1.807) is 6.07 Å². The average Bonchev–Trinajstić information content (AvgIpc) is 2.66. The highest BCUT2D eigenvalue weighted by Gasteiger charge is 2.15. The van der Waals surface area contributed by atoms with Crippen molar-refractivity contribution in [2.24, 2.45) is 0 Å². The Morgan fingerprint density at radius 3 is 2.52 bits per heavy atom. The van der Waals surface area contributed by atoms with E-state index in [9.17, 15) is 4.79 Å². The highest BCUT2D eigenvalue weighted by Crippen LogP contribution is 2.25. The van der Waals surface area contributed by atoms with E-state index in [0.717, 1.165) is 27.7 Å². The fraction of sp³-hybridized carbons (Fsp3) is 0.174. The smallest absolute Gasteiger partial charge is 0.259 e. The van der Waals surface area contributed by atoms with Crippen LogP contribution in [0.15, 0.2) is 71.2 Å². The van der Waals surface area contributed by atoms with Crippen LogP contribution < -0.4 is 10.1 Å². The summed E-state index contributed by atoms with van der Waals surface area (Å²) in [6.07, 6.45) is 0.787. The van der Waals surface area contributed by atoms with E-state index in [4.69, 9.17) is 4.74 Å². The fourth-order valence-electron chi connectivity index (χ4n) is 2.87. The summed E-state index contributed by atoms with van der Waals surface area (Å²) in [5.74, 6) is 0.398. The van der Waals surface area contributed by atoms with Crippen molar-refractivity contribution in [1.82, 2.24) is 0 Å². The Hall–Kier alpha value is -2.59. The van der Waals surface area contributed by atoms with Crippen molar-refractivity contribution in [2.45, 2.75) is 20.3 Å². The molecule has 3 rings (SSSR count). The number of nitrogens with one attached hydrogen (secondary N) is 1. The Kier molecular flexibility index (Phi) is 6.30. The lowest BCUT2D eigenvalue weighted by Gasteiger charge is -2.14. The molecule has 1 amide bonds. The Bertz CT molecular complexity index is 938. The van der Waals surface area contributed by atoms with Crippen LogP contribution in [-0.4, -0.2) is 12.5 Å². The van der Waals surface area contributed by atoms with Gasteiger partial charge in [0.25, 0.3) is 5.91 Å². The van der Waals surface area contributed by atoms with Gasteiger partial charge in [0.05, 0.1) is 12.2 Å². The molecular formula is C23H22BrNO2. The van der Waals surface area contributed by atoms with E-state index < -0.39 is 0 Å². The Labute approximate surface area is 168 Å². The summed E-state index contributed by atoms with van der Waals surface area (Å²) in [4.78, 5) is 12.8. The van der Waals surface area contributed by atoms with Crippen LogP contribution in [0.4, 0.5) is 5.69 Å². The number of carbonyl (C=O) groups excluding carboxylic acids is 1. The average molecular weight is 424 g/mol. The zero-order chi connectivity index (χ0) is 19.2. The number of halogens is 1. The van der Waals surface area contributed by atoms with Crippen LogP contribution in [0.5, 0.6) is 5.75 Å². The van der Waals surface area contributed by atoms with Gasteiger partial charge in [0.15, 0.2) is 0 Å². The van der Waals surface area contributed by atoms with Crippen LogP contribution in [0.2, 0.25) is 0 Å². The molecule has 0 aliphatic rings. The van der Waals surface area contributed by atoms with E-state index in [0.29, 0.717) is 17.9 Å². The summed E-state index contributed by atoms with van der Waals surface area (Å²) < 4.78 is 6.76. The summed E-state index contributed by atoms with van der Waals surface area (Å²) >= 11 is 3.44. The van der Waals surface area contributed by atoms with Crippen molar-refractivity contribution in [3.8, 4) is 5.75 Å². The van der Waals surface area contributed by atoms with Gasteiger partial charge in [-0.3, -0.25) is 4.79 Å². The maximum Gasteiger partial charge on any atom is 0.259 e. The summed E-state index contributed by atoms with van der Waals surface area (Å²) in [7, 11) is 0. The van der Waals surface area contributed by atoms with Gasteiger partial charge < -0.3 is 10.1 Å². The molecule has 0 heterocycles. The molecule has 0 aliphatic heterocycles. The number of amides is 1. The molecule has 3 aromatic rings. The number of benzene rings is 3. The van der Waals surface area contributed by atoms with Crippen molar-refractivity contribution in [3.63, 3.8) is 0 Å². The number of hydrogen-bond acceptors (Lipinski definition) is 2. The number of rotatable bonds is 6. The lowest BCUT2D eigenvalue weighted by Crippen LogP contribution is -2.15. The van der Waals surface area contributed by atoms with E-state index >= 15 is 0 Å². The second kappa shape index (κ2) is 8.87. The minimum atomic E-state index is -0.182. The number of aryl methyl sites for hydroxylation is 2. The third-order valence-electron chi connectivity index (χ3n) is 4.31. The molecule has 0 aliphatic carbocycles. The van der Waals surface area contributed by atoms with Crippen LogP contribution in [0, 0.1) is 13.8 Å². The van der Waals surface area contributed by atoms with Gasteiger partial charge in [-0.15, -0.1) is 0 Å². The summed E-state index contributed by atoms with van der Waals surface area (Å²) in [5, 5.41) is 2.99. The SMILES string of the molecule is Cc1ccc(NC(=O)c2cc(Br)ccc2OCCc2ccccc2)c(C)c1. The van der Waals surface area contributed by atoms with Crippen molar-refractivity contribution in [2.75, 3.05) is 11.9 Å². The monoisotopic (exact) mass is 423 g/mol. The van der Waals surface area contributed by atoms with E-state index in [-0.39, 0.29) is 5.91 Å². The predicted octanol–water partition coefficient (Wildman–Crippen LogP) is 5.94. The molecule has 0 radical (unpaired) electrons. The lowest BCUT2D eigenvalue weighted by molar-refractivity contribution is 0.102. The normalized spacial score (nSPS) is 10.5. The Morgan fingerprint density at radius 2 is 1.78 bits per heavy atom. The van der Waals surface area contributed by atoms with Crippen molar-refractivity contribution >= 4 is 27.5 Å². The fourth-order valence-corrected chi connectivity index (χ4v) is 3.23. The van der Waals surface area contributed by atoms with Crippen molar-refractivity contribution < 1.29 is 9.53 Å². The standard InChI is InChI=1S/C23H22BrNO2/c1-16-8-10-21(17(2)14-16)25-23(26)20-15-19(24)9-11-22(20)27-13-12-18-6-4-3-5-7-18/h3-11,14-15H,12-13H2,1-2H3,(H,25,26). The molecule has 0 bridgehead atoms. The van der Waals surface area contributed by atoms with Gasteiger partial charge in [-0.25, -0.2) is 0 Å². The Morgan fingerprint density at radius 1 is 1.00 bits per heavy atom. The number of hydrogen-bond donors (Lipinski definition) is 1. The molecule has 138 valence electrons. The van der Waals surface area contributed by atoms with Gasteiger partial charge in [0.2, 0.25) is 0 Å². The molecule has 1 N–H and O–H groups in total. The minimum Gasteiger partial charge on any atom is -0.492 e. The summed E-state index contributed by atoms with van der Waals surface area (Å²) in [6.45, 7) is 4.53. The molecule has 3 nitrogen and oxygen atoms in total. The molecule has 0 atom stereocenters. The largest absolute Gasteiger partial charge is 0.492 e. The highest BCUT2D eigenvalue weighted by molar-refractivity contribution is 9.10. The molecule has 0 unspecified atom stereocenters. The topological polar surface area (TPSA) is 38.3 Å². The minimum absolute atomic E-state index is 0.182. The second-order valence-corrected chi connectivity index (χ2v) is 7.41. The van der Waals surface area contributed by atoms with Gasteiger partial charge in [0, 0.05) is 16.6 Å². The van der Waals surface area contributed by atoms with Gasteiger partial charge in [-0.2, -0.15) is 0 Å². The number of ether oxygens (including phenoxy) is 1. The molecule has 27 heavy (non-hydrogen) atoms. The van der Waals surface area contributed by atoms with Crippen LogP contribution in [0.25, 0.3) is 0 Å². The van der Waals surface area contributed by atoms with Crippen molar-refractivity contribution in [3.05, 3.63) is 93.5 Å². The molecule has 0 aromatic heterocycles. The predicted molar refractivity (Wildman–Crippen MR) is 114 cm³/mol. The number of carbonyl (C=O) groups is 1. The van der Waals surface area contributed by atoms with Crippen LogP contribution in [0.1, 0.15) is 27.0 Å². The van der Waals surface area contributed by atoms with Crippen LogP contribution in [-0.2, 0) is 6.42 Å². The third kappa shape index (κ3) is 5.20. The molecular weight excluding hydrogens is 402 g/mol.